The lowest BCUT2D eigenvalue weighted by atomic mass is 10.2. The van der Waals surface area contributed by atoms with Gasteiger partial charge in [-0.3, -0.25) is 0 Å². The summed E-state index contributed by atoms with van der Waals surface area (Å²) in [5.41, 5.74) is 2.54. The Labute approximate surface area is 126 Å². The van der Waals surface area contributed by atoms with Gasteiger partial charge in [-0.05, 0) is 12.1 Å². The highest BCUT2D eigenvalue weighted by Crippen LogP contribution is 2.35. The van der Waals surface area contributed by atoms with Crippen molar-refractivity contribution in [3.63, 3.8) is 0 Å². The van der Waals surface area contributed by atoms with Crippen molar-refractivity contribution in [2.24, 2.45) is 0 Å². The largest absolute Gasteiger partial charge is 0.550 e. The molecule has 0 aliphatic carbocycles. The van der Waals surface area contributed by atoms with E-state index >= 15 is 0 Å². The highest BCUT2D eigenvalue weighted by molar-refractivity contribution is 7.19. The molecule has 0 aromatic carbocycles. The highest BCUT2D eigenvalue weighted by atomic mass is 35.5. The topological polar surface area (TPSA) is 79.0 Å². The third-order valence-corrected chi connectivity index (χ3v) is 4.27. The summed E-state index contributed by atoms with van der Waals surface area (Å²) in [4.78, 5) is 19.8. The standard InChI is InChI=1S/C12H7ClN2O3S2/c13-9-2-1-8(20-9)11-6(3-10(16)17)15-12(18-11)7-4-19-5-14-7/h1-2,4-5H,3H2,(H,16,17)/p-1. The number of hydrogen-bond acceptors (Lipinski definition) is 7. The van der Waals surface area contributed by atoms with Crippen LogP contribution in [0.15, 0.2) is 27.4 Å². The number of thiophene rings is 1. The van der Waals surface area contributed by atoms with Gasteiger partial charge in [-0.25, -0.2) is 9.97 Å². The number of oxazole rings is 1. The molecule has 0 aliphatic rings. The van der Waals surface area contributed by atoms with Crippen LogP contribution in [0.1, 0.15) is 5.69 Å². The number of halogens is 1. The van der Waals surface area contributed by atoms with E-state index in [2.05, 4.69) is 9.97 Å². The van der Waals surface area contributed by atoms with E-state index in [1.807, 2.05) is 0 Å². The van der Waals surface area contributed by atoms with Crippen LogP contribution in [0, 0.1) is 0 Å². The molecule has 20 heavy (non-hydrogen) atoms. The van der Waals surface area contributed by atoms with Crippen LogP contribution in [0.3, 0.4) is 0 Å². The van der Waals surface area contributed by atoms with E-state index in [1.165, 1.54) is 22.7 Å². The molecule has 3 aromatic heterocycles. The minimum Gasteiger partial charge on any atom is -0.550 e. The molecule has 3 aromatic rings. The number of rotatable bonds is 4. The Bertz CT molecular complexity index is 749. The van der Waals surface area contributed by atoms with E-state index < -0.39 is 5.97 Å². The molecule has 102 valence electrons. The zero-order chi connectivity index (χ0) is 14.1. The van der Waals surface area contributed by atoms with Gasteiger partial charge in [0.1, 0.15) is 5.69 Å². The summed E-state index contributed by atoms with van der Waals surface area (Å²) in [7, 11) is 0. The van der Waals surface area contributed by atoms with Crippen LogP contribution in [0.4, 0.5) is 0 Å². The lowest BCUT2D eigenvalue weighted by Crippen LogP contribution is -2.24. The number of aliphatic carboxylic acids is 1. The molecule has 8 heteroatoms. The third kappa shape index (κ3) is 2.60. The van der Waals surface area contributed by atoms with Gasteiger partial charge in [0.2, 0.25) is 5.89 Å². The molecular weight excluding hydrogens is 320 g/mol. The smallest absolute Gasteiger partial charge is 0.246 e. The summed E-state index contributed by atoms with van der Waals surface area (Å²) < 4.78 is 6.24. The van der Waals surface area contributed by atoms with Crippen LogP contribution in [0.2, 0.25) is 4.34 Å². The van der Waals surface area contributed by atoms with Gasteiger partial charge in [-0.2, -0.15) is 0 Å². The number of nitrogens with zero attached hydrogens (tertiary/aromatic N) is 2. The average molecular weight is 326 g/mol. The fourth-order valence-corrected chi connectivity index (χ4v) is 3.24. The first-order chi connectivity index (χ1) is 9.63. The first-order valence-corrected chi connectivity index (χ1v) is 7.61. The molecule has 0 amide bonds. The summed E-state index contributed by atoms with van der Waals surface area (Å²) in [5, 5.41) is 12.6. The van der Waals surface area contributed by atoms with Crippen LogP contribution in [-0.2, 0) is 11.2 Å². The van der Waals surface area contributed by atoms with Crippen molar-refractivity contribution in [2.45, 2.75) is 6.42 Å². The molecular formula is C12H6ClN2O3S2-. The molecule has 0 aliphatic heterocycles. The molecule has 0 saturated heterocycles. The molecule has 0 atom stereocenters. The lowest BCUT2D eigenvalue weighted by Gasteiger charge is -1.99. The van der Waals surface area contributed by atoms with Crippen LogP contribution < -0.4 is 5.11 Å². The van der Waals surface area contributed by atoms with Crippen LogP contribution >= 0.6 is 34.3 Å². The number of thiazole rings is 1. The van der Waals surface area contributed by atoms with Crippen molar-refractivity contribution in [2.75, 3.05) is 0 Å². The summed E-state index contributed by atoms with van der Waals surface area (Å²) >= 11 is 8.59. The Morgan fingerprint density at radius 3 is 2.90 bits per heavy atom. The summed E-state index contributed by atoms with van der Waals surface area (Å²) in [6.07, 6.45) is -0.321. The maximum absolute atomic E-state index is 10.8. The number of hydrogen-bond donors (Lipinski definition) is 0. The summed E-state index contributed by atoms with van der Waals surface area (Å²) in [5.74, 6) is -0.525. The van der Waals surface area contributed by atoms with E-state index in [9.17, 15) is 9.90 Å². The summed E-state index contributed by atoms with van der Waals surface area (Å²) in [6, 6.07) is 3.48. The predicted octanol–water partition coefficient (Wildman–Crippen LogP) is 2.47. The minimum absolute atomic E-state index is 0.294. The second-order valence-electron chi connectivity index (χ2n) is 3.82. The molecule has 0 spiro atoms. The van der Waals surface area contributed by atoms with Gasteiger partial charge in [0.25, 0.3) is 0 Å². The van der Waals surface area contributed by atoms with E-state index in [0.29, 0.717) is 27.4 Å². The van der Waals surface area contributed by atoms with Crippen molar-refractivity contribution in [1.82, 2.24) is 9.97 Å². The monoisotopic (exact) mass is 325 g/mol. The Balaban J connectivity index is 2.09. The number of carbonyl (C=O) groups excluding carboxylic acids is 1. The maximum atomic E-state index is 10.8. The van der Waals surface area contributed by atoms with Crippen molar-refractivity contribution >= 4 is 40.2 Å². The second kappa shape index (κ2) is 5.35. The third-order valence-electron chi connectivity index (χ3n) is 2.46. The lowest BCUT2D eigenvalue weighted by molar-refractivity contribution is -0.304. The first-order valence-electron chi connectivity index (χ1n) is 5.47. The SMILES string of the molecule is O=C([O-])Cc1nc(-c2cscn2)oc1-c1ccc(Cl)s1. The van der Waals surface area contributed by atoms with Crippen LogP contribution in [0.5, 0.6) is 0 Å². The van der Waals surface area contributed by atoms with E-state index in [-0.39, 0.29) is 6.42 Å². The van der Waals surface area contributed by atoms with E-state index in [1.54, 1.807) is 23.0 Å². The van der Waals surface area contributed by atoms with Crippen LogP contribution in [-0.4, -0.2) is 15.9 Å². The van der Waals surface area contributed by atoms with Gasteiger partial charge in [-0.15, -0.1) is 22.7 Å². The molecule has 0 N–H and O–H groups in total. The maximum Gasteiger partial charge on any atom is 0.246 e. The average Bonchev–Trinajstić information content (AvgIpc) is 3.07. The molecule has 5 nitrogen and oxygen atoms in total. The number of carboxylic acid groups (broad SMARTS) is 1. The van der Waals surface area contributed by atoms with Crippen molar-refractivity contribution in [3.05, 3.63) is 33.1 Å². The Morgan fingerprint density at radius 1 is 1.45 bits per heavy atom. The molecule has 0 radical (unpaired) electrons. The molecule has 3 heterocycles. The van der Waals surface area contributed by atoms with E-state index in [0.717, 1.165) is 4.88 Å². The van der Waals surface area contributed by atoms with Crippen LogP contribution in [0.25, 0.3) is 22.2 Å². The Morgan fingerprint density at radius 2 is 2.30 bits per heavy atom. The van der Waals surface area contributed by atoms with Gasteiger partial charge in [0.05, 0.1) is 20.4 Å². The van der Waals surface area contributed by atoms with Gasteiger partial charge < -0.3 is 14.3 Å². The quantitative estimate of drug-likeness (QED) is 0.736. The van der Waals surface area contributed by atoms with Gasteiger partial charge >= 0.3 is 0 Å². The number of carbonyl (C=O) groups is 1. The zero-order valence-electron chi connectivity index (χ0n) is 9.83. The normalized spacial score (nSPS) is 10.8. The predicted molar refractivity (Wildman–Crippen MR) is 74.6 cm³/mol. The Hall–Kier alpha value is -1.70. The first kappa shape index (κ1) is 13.3. The zero-order valence-corrected chi connectivity index (χ0v) is 12.2. The van der Waals surface area contributed by atoms with Gasteiger partial charge in [-0.1, -0.05) is 11.6 Å². The molecule has 0 unspecified atom stereocenters. The van der Waals surface area contributed by atoms with Crippen molar-refractivity contribution < 1.29 is 14.3 Å². The molecule has 3 rings (SSSR count). The second-order valence-corrected chi connectivity index (χ2v) is 6.25. The fourth-order valence-electron chi connectivity index (χ4n) is 1.66. The van der Waals surface area contributed by atoms with E-state index in [4.69, 9.17) is 16.0 Å². The summed E-state index contributed by atoms with van der Waals surface area (Å²) in [6.45, 7) is 0. The fraction of sp³-hybridized carbons (Fsp3) is 0.0833. The van der Waals surface area contributed by atoms with Gasteiger partial charge in [0, 0.05) is 17.8 Å². The highest BCUT2D eigenvalue weighted by Gasteiger charge is 2.18. The molecule has 0 fully saturated rings. The van der Waals surface area contributed by atoms with Crippen molar-refractivity contribution in [3.8, 4) is 22.2 Å². The molecule has 0 bridgehead atoms. The molecule has 0 saturated carbocycles. The Kier molecular flexibility index (Phi) is 3.56. The number of aromatic nitrogens is 2. The van der Waals surface area contributed by atoms with Crippen molar-refractivity contribution in [1.29, 1.82) is 0 Å². The minimum atomic E-state index is -1.22. The van der Waals surface area contributed by atoms with Gasteiger partial charge in [0.15, 0.2) is 5.76 Å². The number of carboxylic acids is 1.